The number of nitrogens with one attached hydrogen (secondary N) is 1. The number of methoxy groups -OCH3 is 2. The third-order valence-corrected chi connectivity index (χ3v) is 4.55. The van der Waals surface area contributed by atoms with E-state index in [4.69, 9.17) is 9.47 Å². The zero-order valence-electron chi connectivity index (χ0n) is 13.2. The van der Waals surface area contributed by atoms with Crippen molar-refractivity contribution in [3.63, 3.8) is 0 Å². The minimum absolute atomic E-state index is 0.0611. The van der Waals surface area contributed by atoms with Crippen LogP contribution in [0.1, 0.15) is 45.1 Å². The van der Waals surface area contributed by atoms with Gasteiger partial charge >= 0.3 is 0 Å². The normalized spacial score (nSPS) is 23.4. The molecule has 2 rings (SSSR count). The molecule has 1 N–H and O–H groups in total. The van der Waals surface area contributed by atoms with Crippen LogP contribution in [0.5, 0.6) is 11.5 Å². The van der Waals surface area contributed by atoms with E-state index in [1.165, 1.54) is 24.8 Å². The highest BCUT2D eigenvalue weighted by molar-refractivity contribution is 5.50. The third-order valence-electron chi connectivity index (χ3n) is 4.55. The lowest BCUT2D eigenvalue weighted by Crippen LogP contribution is -2.46. The summed E-state index contributed by atoms with van der Waals surface area (Å²) < 4.78 is 11.3. The van der Waals surface area contributed by atoms with Crippen molar-refractivity contribution in [1.82, 2.24) is 5.32 Å². The summed E-state index contributed by atoms with van der Waals surface area (Å²) in [4.78, 5) is 0. The molecule has 0 spiro atoms. The smallest absolute Gasteiger partial charge is 0.127 e. The molecule has 1 aromatic rings. The van der Waals surface area contributed by atoms with E-state index in [-0.39, 0.29) is 5.54 Å². The maximum absolute atomic E-state index is 5.64. The molecule has 20 heavy (non-hydrogen) atoms. The third kappa shape index (κ3) is 2.64. The minimum Gasteiger partial charge on any atom is -0.496 e. The zero-order valence-corrected chi connectivity index (χ0v) is 13.2. The van der Waals surface area contributed by atoms with Crippen LogP contribution in [0, 0.1) is 5.92 Å². The molecule has 3 nitrogen and oxygen atoms in total. The van der Waals surface area contributed by atoms with Crippen LogP contribution in [0.3, 0.4) is 0 Å². The molecule has 1 fully saturated rings. The van der Waals surface area contributed by atoms with Gasteiger partial charge in [-0.2, -0.15) is 0 Å². The summed E-state index contributed by atoms with van der Waals surface area (Å²) in [7, 11) is 3.48. The van der Waals surface area contributed by atoms with Crippen molar-refractivity contribution >= 4 is 0 Å². The molecule has 1 heterocycles. The van der Waals surface area contributed by atoms with E-state index in [1.807, 2.05) is 18.2 Å². The summed E-state index contributed by atoms with van der Waals surface area (Å²) in [5.74, 6) is 2.32. The van der Waals surface area contributed by atoms with Crippen molar-refractivity contribution in [2.24, 2.45) is 5.92 Å². The van der Waals surface area contributed by atoms with E-state index in [9.17, 15) is 0 Å². The molecule has 1 aromatic carbocycles. The molecule has 3 heteroatoms. The van der Waals surface area contributed by atoms with E-state index in [0.717, 1.165) is 24.5 Å². The molecule has 1 unspecified atom stereocenters. The fraction of sp³-hybridized carbons (Fsp3) is 0.647. The van der Waals surface area contributed by atoms with Crippen molar-refractivity contribution in [3.8, 4) is 11.5 Å². The Morgan fingerprint density at radius 3 is 2.25 bits per heavy atom. The molecule has 0 saturated carbocycles. The molecule has 0 bridgehead atoms. The van der Waals surface area contributed by atoms with Crippen LogP contribution < -0.4 is 14.8 Å². The predicted octanol–water partition coefficient (Wildman–Crippen LogP) is 3.72. The molecule has 1 atom stereocenters. The SMILES string of the molecule is COc1cccc(OC)c1C1(C(C)C)CCCCCN1. The van der Waals surface area contributed by atoms with Gasteiger partial charge in [0.15, 0.2) is 0 Å². The molecular weight excluding hydrogens is 250 g/mol. The first-order valence-electron chi connectivity index (χ1n) is 7.62. The molecular formula is C17H27NO2. The second-order valence-corrected chi connectivity index (χ2v) is 5.90. The average molecular weight is 277 g/mol. The van der Waals surface area contributed by atoms with Gasteiger partial charge in [0.2, 0.25) is 0 Å². The highest BCUT2D eigenvalue weighted by Crippen LogP contribution is 2.45. The zero-order chi connectivity index (χ0) is 14.6. The Kier molecular flexibility index (Phi) is 4.92. The van der Waals surface area contributed by atoms with E-state index < -0.39 is 0 Å². The number of ether oxygens (including phenoxy) is 2. The first-order chi connectivity index (χ1) is 9.65. The van der Waals surface area contributed by atoms with Gasteiger partial charge in [0.25, 0.3) is 0 Å². The Hall–Kier alpha value is -1.22. The summed E-state index contributed by atoms with van der Waals surface area (Å²) >= 11 is 0. The lowest BCUT2D eigenvalue weighted by molar-refractivity contribution is 0.214. The standard InChI is InChI=1S/C17H27NO2/c1-13(2)17(11-6-5-7-12-18-17)16-14(19-3)9-8-10-15(16)20-4/h8-10,13,18H,5-7,11-12H2,1-4H3. The van der Waals surface area contributed by atoms with Crippen LogP contribution in [-0.2, 0) is 5.54 Å². The summed E-state index contributed by atoms with van der Waals surface area (Å²) in [6.07, 6.45) is 4.90. The van der Waals surface area contributed by atoms with Gasteiger partial charge in [-0.25, -0.2) is 0 Å². The van der Waals surface area contributed by atoms with Gasteiger partial charge in [-0.15, -0.1) is 0 Å². The van der Waals surface area contributed by atoms with Crippen LogP contribution >= 0.6 is 0 Å². The Balaban J connectivity index is 2.58. The van der Waals surface area contributed by atoms with Crippen LogP contribution in [0.25, 0.3) is 0 Å². The number of benzene rings is 1. The lowest BCUT2D eigenvalue weighted by Gasteiger charge is -2.40. The summed E-state index contributed by atoms with van der Waals surface area (Å²) in [6.45, 7) is 5.62. The highest BCUT2D eigenvalue weighted by atomic mass is 16.5. The quantitative estimate of drug-likeness (QED) is 0.910. The Bertz CT molecular complexity index is 412. The first kappa shape index (κ1) is 15.2. The van der Waals surface area contributed by atoms with Gasteiger partial charge in [0.05, 0.1) is 25.3 Å². The van der Waals surface area contributed by atoms with Gasteiger partial charge in [-0.3, -0.25) is 0 Å². The van der Waals surface area contributed by atoms with Crippen molar-refractivity contribution in [2.75, 3.05) is 20.8 Å². The minimum atomic E-state index is -0.0611. The topological polar surface area (TPSA) is 30.5 Å². The number of hydrogen-bond donors (Lipinski definition) is 1. The average Bonchev–Trinajstić information content (AvgIpc) is 2.72. The van der Waals surface area contributed by atoms with E-state index in [1.54, 1.807) is 14.2 Å². The summed E-state index contributed by atoms with van der Waals surface area (Å²) in [5.41, 5.74) is 1.12. The molecule has 0 aliphatic carbocycles. The molecule has 1 aliphatic rings. The van der Waals surface area contributed by atoms with Crippen LogP contribution in [0.2, 0.25) is 0 Å². The van der Waals surface area contributed by atoms with Gasteiger partial charge in [-0.1, -0.05) is 32.8 Å². The maximum atomic E-state index is 5.64. The van der Waals surface area contributed by atoms with E-state index >= 15 is 0 Å². The predicted molar refractivity (Wildman–Crippen MR) is 82.5 cm³/mol. The Morgan fingerprint density at radius 1 is 1.05 bits per heavy atom. The Morgan fingerprint density at radius 2 is 1.70 bits per heavy atom. The fourth-order valence-corrected chi connectivity index (χ4v) is 3.39. The monoisotopic (exact) mass is 277 g/mol. The fourth-order valence-electron chi connectivity index (χ4n) is 3.39. The second kappa shape index (κ2) is 6.49. The maximum Gasteiger partial charge on any atom is 0.127 e. The van der Waals surface area contributed by atoms with Gasteiger partial charge in [-0.05, 0) is 37.4 Å². The van der Waals surface area contributed by atoms with Gasteiger partial charge < -0.3 is 14.8 Å². The largest absolute Gasteiger partial charge is 0.496 e. The molecule has 0 aromatic heterocycles. The second-order valence-electron chi connectivity index (χ2n) is 5.90. The molecule has 1 saturated heterocycles. The van der Waals surface area contributed by atoms with Crippen molar-refractivity contribution in [3.05, 3.63) is 23.8 Å². The van der Waals surface area contributed by atoms with Crippen molar-refractivity contribution in [2.45, 2.75) is 45.1 Å². The van der Waals surface area contributed by atoms with Crippen molar-refractivity contribution in [1.29, 1.82) is 0 Å². The lowest BCUT2D eigenvalue weighted by atomic mass is 9.75. The van der Waals surface area contributed by atoms with E-state index in [0.29, 0.717) is 5.92 Å². The molecule has 1 aliphatic heterocycles. The van der Waals surface area contributed by atoms with Crippen molar-refractivity contribution < 1.29 is 9.47 Å². The molecule has 0 radical (unpaired) electrons. The number of rotatable bonds is 4. The summed E-state index contributed by atoms with van der Waals surface area (Å²) in [6, 6.07) is 6.06. The van der Waals surface area contributed by atoms with Crippen LogP contribution in [0.4, 0.5) is 0 Å². The van der Waals surface area contributed by atoms with Gasteiger partial charge in [0, 0.05) is 0 Å². The van der Waals surface area contributed by atoms with Gasteiger partial charge in [0.1, 0.15) is 11.5 Å². The molecule has 112 valence electrons. The van der Waals surface area contributed by atoms with Crippen LogP contribution in [-0.4, -0.2) is 20.8 Å². The summed E-state index contributed by atoms with van der Waals surface area (Å²) in [5, 5.41) is 3.80. The highest BCUT2D eigenvalue weighted by Gasteiger charge is 2.40. The van der Waals surface area contributed by atoms with Crippen LogP contribution in [0.15, 0.2) is 18.2 Å². The molecule has 0 amide bonds. The number of hydrogen-bond acceptors (Lipinski definition) is 3. The Labute approximate surface area is 122 Å². The van der Waals surface area contributed by atoms with E-state index in [2.05, 4.69) is 19.2 Å². The first-order valence-corrected chi connectivity index (χ1v) is 7.62.